The molecule has 0 aliphatic heterocycles. The van der Waals surface area contributed by atoms with Crippen LogP contribution in [0.4, 0.5) is 0 Å². The molecule has 0 saturated heterocycles. The number of hydrogen-bond donors (Lipinski definition) is 1. The van der Waals surface area contributed by atoms with E-state index in [1.165, 1.54) is 5.56 Å². The molecule has 92 valence electrons. The van der Waals surface area contributed by atoms with E-state index in [1.54, 1.807) is 0 Å². The maximum absolute atomic E-state index is 5.59. The summed E-state index contributed by atoms with van der Waals surface area (Å²) in [5.74, 6) is 3.60. The van der Waals surface area contributed by atoms with Gasteiger partial charge < -0.3 is 10.1 Å². The topological polar surface area (TPSA) is 21.3 Å². The lowest BCUT2D eigenvalue weighted by molar-refractivity contribution is 0.317. The van der Waals surface area contributed by atoms with Gasteiger partial charge in [-0.25, -0.2) is 0 Å². The third-order valence-corrected chi connectivity index (χ3v) is 2.45. The largest absolute Gasteiger partial charge is 0.494 e. The molecule has 0 bridgehead atoms. The molecule has 0 aliphatic carbocycles. The molecule has 1 rings (SSSR count). The number of benzene rings is 1. The SMILES string of the molecule is C#CCC(C)NCc1cccc(OCCC)c1. The van der Waals surface area contributed by atoms with Crippen LogP contribution >= 0.6 is 0 Å². The first-order chi connectivity index (χ1) is 8.26. The molecule has 1 aromatic rings. The summed E-state index contributed by atoms with van der Waals surface area (Å²) in [6.45, 7) is 5.79. The van der Waals surface area contributed by atoms with Crippen molar-refractivity contribution in [3.05, 3.63) is 29.8 Å². The summed E-state index contributed by atoms with van der Waals surface area (Å²) in [5.41, 5.74) is 1.22. The summed E-state index contributed by atoms with van der Waals surface area (Å²) in [4.78, 5) is 0. The van der Waals surface area contributed by atoms with Gasteiger partial charge in [-0.15, -0.1) is 12.3 Å². The Hall–Kier alpha value is -1.46. The summed E-state index contributed by atoms with van der Waals surface area (Å²) < 4.78 is 5.59. The van der Waals surface area contributed by atoms with E-state index in [2.05, 4.69) is 37.2 Å². The number of nitrogens with one attached hydrogen (secondary N) is 1. The van der Waals surface area contributed by atoms with Gasteiger partial charge in [-0.05, 0) is 31.0 Å². The maximum atomic E-state index is 5.59. The minimum absolute atomic E-state index is 0.347. The lowest BCUT2D eigenvalue weighted by Gasteiger charge is -2.11. The van der Waals surface area contributed by atoms with Crippen molar-refractivity contribution in [1.82, 2.24) is 5.32 Å². The Morgan fingerprint density at radius 3 is 3.00 bits per heavy atom. The molecule has 0 aromatic heterocycles. The van der Waals surface area contributed by atoms with Gasteiger partial charge in [-0.3, -0.25) is 0 Å². The predicted octanol–water partition coefficient (Wildman–Crippen LogP) is 2.98. The Balaban J connectivity index is 2.45. The standard InChI is InChI=1S/C15H21NO/c1-4-7-13(3)16-12-14-8-6-9-15(11-14)17-10-5-2/h1,6,8-9,11,13,16H,5,7,10,12H2,2-3H3. The van der Waals surface area contributed by atoms with Crippen molar-refractivity contribution < 1.29 is 4.74 Å². The van der Waals surface area contributed by atoms with Crippen LogP contribution in [0.3, 0.4) is 0 Å². The van der Waals surface area contributed by atoms with Crippen LogP contribution in [-0.4, -0.2) is 12.6 Å². The molecule has 1 N–H and O–H groups in total. The molecule has 2 heteroatoms. The highest BCUT2D eigenvalue weighted by atomic mass is 16.5. The normalized spacial score (nSPS) is 11.8. The average molecular weight is 231 g/mol. The third kappa shape index (κ3) is 5.42. The fourth-order valence-electron chi connectivity index (χ4n) is 1.51. The molecular formula is C15H21NO. The minimum atomic E-state index is 0.347. The van der Waals surface area contributed by atoms with E-state index in [1.807, 2.05) is 12.1 Å². The Bertz CT molecular complexity index is 367. The smallest absolute Gasteiger partial charge is 0.119 e. The Morgan fingerprint density at radius 1 is 1.47 bits per heavy atom. The Labute approximate surface area is 104 Å². The van der Waals surface area contributed by atoms with E-state index in [9.17, 15) is 0 Å². The molecule has 0 amide bonds. The van der Waals surface area contributed by atoms with E-state index >= 15 is 0 Å². The Morgan fingerprint density at radius 2 is 2.29 bits per heavy atom. The van der Waals surface area contributed by atoms with Crippen LogP contribution in [-0.2, 0) is 6.54 Å². The molecule has 0 saturated carbocycles. The van der Waals surface area contributed by atoms with Gasteiger partial charge in [0.2, 0.25) is 0 Å². The van der Waals surface area contributed by atoms with Crippen molar-refractivity contribution in [1.29, 1.82) is 0 Å². The summed E-state index contributed by atoms with van der Waals surface area (Å²) in [6.07, 6.45) is 7.05. The van der Waals surface area contributed by atoms with Crippen LogP contribution in [0.25, 0.3) is 0 Å². The highest BCUT2D eigenvalue weighted by Gasteiger charge is 2.00. The molecule has 1 atom stereocenters. The zero-order valence-corrected chi connectivity index (χ0v) is 10.7. The van der Waals surface area contributed by atoms with Gasteiger partial charge >= 0.3 is 0 Å². The summed E-state index contributed by atoms with van der Waals surface area (Å²) >= 11 is 0. The lowest BCUT2D eigenvalue weighted by atomic mass is 10.2. The van der Waals surface area contributed by atoms with Crippen LogP contribution < -0.4 is 10.1 Å². The molecule has 17 heavy (non-hydrogen) atoms. The molecule has 1 unspecified atom stereocenters. The second kappa shape index (κ2) is 7.76. The monoisotopic (exact) mass is 231 g/mol. The van der Waals surface area contributed by atoms with Gasteiger partial charge in [-0.2, -0.15) is 0 Å². The highest BCUT2D eigenvalue weighted by molar-refractivity contribution is 5.28. The first kappa shape index (κ1) is 13.6. The quantitative estimate of drug-likeness (QED) is 0.728. The first-order valence-electron chi connectivity index (χ1n) is 6.14. The van der Waals surface area contributed by atoms with E-state index in [4.69, 9.17) is 11.2 Å². The summed E-state index contributed by atoms with van der Waals surface area (Å²) in [5, 5.41) is 3.39. The third-order valence-electron chi connectivity index (χ3n) is 2.45. The number of rotatable bonds is 7. The second-order valence-electron chi connectivity index (χ2n) is 4.19. The van der Waals surface area contributed by atoms with Crippen LogP contribution in [0.5, 0.6) is 5.75 Å². The molecule has 0 aliphatic rings. The molecule has 0 heterocycles. The van der Waals surface area contributed by atoms with Crippen LogP contribution in [0.2, 0.25) is 0 Å². The van der Waals surface area contributed by atoms with Gasteiger partial charge in [0, 0.05) is 19.0 Å². The van der Waals surface area contributed by atoms with Crippen molar-refractivity contribution >= 4 is 0 Å². The minimum Gasteiger partial charge on any atom is -0.494 e. The van der Waals surface area contributed by atoms with E-state index in [0.29, 0.717) is 6.04 Å². The fraction of sp³-hybridized carbons (Fsp3) is 0.467. The molecule has 2 nitrogen and oxygen atoms in total. The molecule has 1 aromatic carbocycles. The highest BCUT2D eigenvalue weighted by Crippen LogP contribution is 2.13. The van der Waals surface area contributed by atoms with Crippen molar-refractivity contribution in [2.24, 2.45) is 0 Å². The van der Waals surface area contributed by atoms with E-state index in [-0.39, 0.29) is 0 Å². The van der Waals surface area contributed by atoms with Gasteiger partial charge in [0.25, 0.3) is 0 Å². The average Bonchev–Trinajstić information content (AvgIpc) is 2.35. The Kier molecular flexibility index (Phi) is 6.21. The van der Waals surface area contributed by atoms with Gasteiger partial charge in [-0.1, -0.05) is 19.1 Å². The molecular weight excluding hydrogens is 210 g/mol. The van der Waals surface area contributed by atoms with Crippen molar-refractivity contribution in [3.8, 4) is 18.1 Å². The first-order valence-corrected chi connectivity index (χ1v) is 6.14. The van der Waals surface area contributed by atoms with Crippen LogP contribution in [0.1, 0.15) is 32.3 Å². The van der Waals surface area contributed by atoms with Gasteiger partial charge in [0.15, 0.2) is 0 Å². The zero-order chi connectivity index (χ0) is 12.5. The maximum Gasteiger partial charge on any atom is 0.119 e. The van der Waals surface area contributed by atoms with E-state index < -0.39 is 0 Å². The summed E-state index contributed by atoms with van der Waals surface area (Å²) in [6, 6.07) is 8.53. The van der Waals surface area contributed by atoms with Crippen molar-refractivity contribution in [3.63, 3.8) is 0 Å². The van der Waals surface area contributed by atoms with Gasteiger partial charge in [0.1, 0.15) is 5.75 Å². The zero-order valence-electron chi connectivity index (χ0n) is 10.7. The molecule has 0 fully saturated rings. The van der Waals surface area contributed by atoms with Crippen molar-refractivity contribution in [2.45, 2.75) is 39.3 Å². The number of ether oxygens (including phenoxy) is 1. The predicted molar refractivity (Wildman–Crippen MR) is 72.0 cm³/mol. The lowest BCUT2D eigenvalue weighted by Crippen LogP contribution is -2.24. The van der Waals surface area contributed by atoms with Crippen LogP contribution in [0, 0.1) is 12.3 Å². The van der Waals surface area contributed by atoms with E-state index in [0.717, 1.165) is 31.7 Å². The second-order valence-corrected chi connectivity index (χ2v) is 4.19. The molecule has 0 radical (unpaired) electrons. The molecule has 0 spiro atoms. The van der Waals surface area contributed by atoms with Gasteiger partial charge in [0.05, 0.1) is 6.61 Å². The number of terminal acetylenes is 1. The van der Waals surface area contributed by atoms with Crippen molar-refractivity contribution in [2.75, 3.05) is 6.61 Å². The number of hydrogen-bond acceptors (Lipinski definition) is 2. The fourth-order valence-corrected chi connectivity index (χ4v) is 1.51. The van der Waals surface area contributed by atoms with Crippen LogP contribution in [0.15, 0.2) is 24.3 Å². The summed E-state index contributed by atoms with van der Waals surface area (Å²) in [7, 11) is 0.